The maximum atomic E-state index is 12.3. The van der Waals surface area contributed by atoms with Crippen LogP contribution >= 0.6 is 22.9 Å². The summed E-state index contributed by atoms with van der Waals surface area (Å²) in [5, 5.41) is 9.10. The monoisotopic (exact) mass is 338 g/mol. The number of carbonyl (C=O) groups is 1. The van der Waals surface area contributed by atoms with E-state index in [1.54, 1.807) is 6.92 Å². The van der Waals surface area contributed by atoms with Gasteiger partial charge in [-0.15, -0.1) is 10.2 Å². The summed E-state index contributed by atoms with van der Waals surface area (Å²) in [4.78, 5) is 19.2. The molecule has 0 unspecified atom stereocenters. The lowest BCUT2D eigenvalue weighted by Crippen LogP contribution is -2.21. The predicted molar refractivity (Wildman–Crippen MR) is 69.3 cm³/mol. The van der Waals surface area contributed by atoms with E-state index in [0.29, 0.717) is 5.69 Å². The van der Waals surface area contributed by atoms with Crippen molar-refractivity contribution in [2.75, 3.05) is 10.6 Å². The van der Waals surface area contributed by atoms with Crippen LogP contribution in [0.25, 0.3) is 0 Å². The molecule has 0 fully saturated rings. The van der Waals surface area contributed by atoms with Gasteiger partial charge in [-0.25, -0.2) is 14.8 Å². The number of amides is 2. The number of aromatic nitrogens is 4. The summed E-state index contributed by atoms with van der Waals surface area (Å²) in [6.45, 7) is 1.64. The van der Waals surface area contributed by atoms with Gasteiger partial charge in [0.25, 0.3) is 0 Å². The average Bonchev–Trinajstić information content (AvgIpc) is 2.75. The minimum Gasteiger partial charge on any atom is -0.282 e. The second-order valence-electron chi connectivity index (χ2n) is 3.64. The SMILES string of the molecule is Cc1cc(Cl)nc(NC(=O)Nc2nnc(C(F)(F)F)s2)n1. The largest absolute Gasteiger partial charge is 0.445 e. The molecule has 0 saturated carbocycles. The van der Waals surface area contributed by atoms with Crippen molar-refractivity contribution in [3.63, 3.8) is 0 Å². The van der Waals surface area contributed by atoms with E-state index in [-0.39, 0.29) is 27.6 Å². The fourth-order valence-electron chi connectivity index (χ4n) is 1.20. The van der Waals surface area contributed by atoms with Gasteiger partial charge in [0.2, 0.25) is 16.1 Å². The Hall–Kier alpha value is -2.01. The lowest BCUT2D eigenvalue weighted by Gasteiger charge is -2.04. The van der Waals surface area contributed by atoms with Crippen LogP contribution in [-0.2, 0) is 6.18 Å². The third-order valence-electron chi connectivity index (χ3n) is 1.94. The Balaban J connectivity index is 2.03. The van der Waals surface area contributed by atoms with E-state index >= 15 is 0 Å². The molecular formula is C9H6ClF3N6OS. The number of rotatable bonds is 2. The zero-order valence-corrected chi connectivity index (χ0v) is 11.8. The number of urea groups is 1. The van der Waals surface area contributed by atoms with Crippen molar-refractivity contribution in [2.45, 2.75) is 13.1 Å². The van der Waals surface area contributed by atoms with Gasteiger partial charge in [-0.2, -0.15) is 13.2 Å². The molecule has 0 radical (unpaired) electrons. The molecule has 2 N–H and O–H groups in total. The molecule has 2 amide bonds. The summed E-state index contributed by atoms with van der Waals surface area (Å²) >= 11 is 5.88. The number of aryl methyl sites for hydroxylation is 1. The standard InChI is InChI=1S/C9H6ClF3N6OS/c1-3-2-4(10)15-6(14-3)16-7(20)17-8-19-18-5(21-8)9(11,12)13/h2H,1H3,(H2,14,15,16,17,19,20). The van der Waals surface area contributed by atoms with Gasteiger partial charge >= 0.3 is 12.2 Å². The second kappa shape index (κ2) is 5.77. The highest BCUT2D eigenvalue weighted by molar-refractivity contribution is 7.15. The summed E-state index contributed by atoms with van der Waals surface area (Å²) in [5.41, 5.74) is 0.514. The van der Waals surface area contributed by atoms with Crippen LogP contribution < -0.4 is 10.6 Å². The van der Waals surface area contributed by atoms with E-state index in [0.717, 1.165) is 0 Å². The van der Waals surface area contributed by atoms with E-state index in [2.05, 4.69) is 30.8 Å². The summed E-state index contributed by atoms with van der Waals surface area (Å²) < 4.78 is 37.0. The van der Waals surface area contributed by atoms with E-state index in [1.165, 1.54) is 6.07 Å². The smallest absolute Gasteiger partial charge is 0.282 e. The molecule has 0 atom stereocenters. The first kappa shape index (κ1) is 15.4. The molecule has 21 heavy (non-hydrogen) atoms. The van der Waals surface area contributed by atoms with Crippen molar-refractivity contribution in [3.8, 4) is 0 Å². The van der Waals surface area contributed by atoms with Gasteiger partial charge in [-0.1, -0.05) is 22.9 Å². The van der Waals surface area contributed by atoms with Crippen LogP contribution in [0.1, 0.15) is 10.7 Å². The molecule has 0 aromatic carbocycles. The number of nitrogens with zero attached hydrogens (tertiary/aromatic N) is 4. The van der Waals surface area contributed by atoms with Crippen molar-refractivity contribution in [1.29, 1.82) is 0 Å². The third-order valence-corrected chi connectivity index (χ3v) is 3.01. The summed E-state index contributed by atoms with van der Waals surface area (Å²) in [5.74, 6) is -0.0851. The van der Waals surface area contributed by atoms with Crippen LogP contribution in [-0.4, -0.2) is 26.2 Å². The van der Waals surface area contributed by atoms with Crippen molar-refractivity contribution in [2.24, 2.45) is 0 Å². The molecule has 112 valence electrons. The Morgan fingerprint density at radius 2 is 2.00 bits per heavy atom. The number of anilines is 2. The van der Waals surface area contributed by atoms with Crippen molar-refractivity contribution >= 4 is 40.0 Å². The molecule has 7 nitrogen and oxygen atoms in total. The van der Waals surface area contributed by atoms with Crippen LogP contribution in [0, 0.1) is 6.92 Å². The molecule has 0 saturated heterocycles. The van der Waals surface area contributed by atoms with Crippen LogP contribution in [0.15, 0.2) is 6.07 Å². The molecular weight excluding hydrogens is 333 g/mol. The Kier molecular flexibility index (Phi) is 4.23. The number of nitrogens with one attached hydrogen (secondary N) is 2. The van der Waals surface area contributed by atoms with E-state index in [4.69, 9.17) is 11.6 Å². The summed E-state index contributed by atoms with van der Waals surface area (Å²) in [6, 6.07) is 0.617. The first-order valence-corrected chi connectivity index (χ1v) is 6.43. The fourth-order valence-corrected chi connectivity index (χ4v) is 2.05. The van der Waals surface area contributed by atoms with Gasteiger partial charge in [0.05, 0.1) is 0 Å². The summed E-state index contributed by atoms with van der Waals surface area (Å²) in [7, 11) is 0. The molecule has 12 heteroatoms. The second-order valence-corrected chi connectivity index (χ2v) is 5.01. The average molecular weight is 339 g/mol. The Bertz CT molecular complexity index is 655. The van der Waals surface area contributed by atoms with Crippen molar-refractivity contribution in [1.82, 2.24) is 20.2 Å². The number of halogens is 4. The van der Waals surface area contributed by atoms with E-state index < -0.39 is 17.2 Å². The van der Waals surface area contributed by atoms with Gasteiger partial charge in [-0.05, 0) is 13.0 Å². The number of hydrogen-bond donors (Lipinski definition) is 2. The van der Waals surface area contributed by atoms with Gasteiger partial charge in [-0.3, -0.25) is 10.6 Å². The first-order valence-electron chi connectivity index (χ1n) is 5.24. The first-order chi connectivity index (χ1) is 9.74. The minimum absolute atomic E-state index is 0.0851. The van der Waals surface area contributed by atoms with Crippen molar-refractivity contribution < 1.29 is 18.0 Å². The molecule has 2 rings (SSSR count). The Labute approximate surface area is 124 Å². The zero-order chi connectivity index (χ0) is 15.6. The maximum Gasteiger partial charge on any atom is 0.445 e. The van der Waals surface area contributed by atoms with Gasteiger partial charge in [0.15, 0.2) is 0 Å². The molecule has 0 aliphatic carbocycles. The maximum absolute atomic E-state index is 12.3. The quantitative estimate of drug-likeness (QED) is 0.821. The van der Waals surface area contributed by atoms with Crippen molar-refractivity contribution in [3.05, 3.63) is 21.9 Å². The third kappa shape index (κ3) is 4.23. The fraction of sp³-hybridized carbons (Fsp3) is 0.222. The zero-order valence-electron chi connectivity index (χ0n) is 10.2. The molecule has 2 heterocycles. The Morgan fingerprint density at radius 3 is 2.57 bits per heavy atom. The number of carbonyl (C=O) groups excluding carboxylic acids is 1. The highest BCUT2D eigenvalue weighted by atomic mass is 35.5. The lowest BCUT2D eigenvalue weighted by atomic mass is 10.5. The van der Waals surface area contributed by atoms with E-state index in [9.17, 15) is 18.0 Å². The van der Waals surface area contributed by atoms with E-state index in [1.807, 2.05) is 0 Å². The number of hydrogen-bond acceptors (Lipinski definition) is 6. The van der Waals surface area contributed by atoms with Crippen LogP contribution in [0.2, 0.25) is 5.15 Å². The predicted octanol–water partition coefficient (Wildman–Crippen LogP) is 2.95. The topological polar surface area (TPSA) is 92.7 Å². The van der Waals surface area contributed by atoms with Gasteiger partial charge < -0.3 is 0 Å². The Morgan fingerprint density at radius 1 is 1.29 bits per heavy atom. The summed E-state index contributed by atoms with van der Waals surface area (Å²) in [6.07, 6.45) is -4.61. The van der Waals surface area contributed by atoms with Crippen LogP contribution in [0.5, 0.6) is 0 Å². The van der Waals surface area contributed by atoms with Crippen LogP contribution in [0.4, 0.5) is 29.0 Å². The van der Waals surface area contributed by atoms with Crippen LogP contribution in [0.3, 0.4) is 0 Å². The number of alkyl halides is 3. The van der Waals surface area contributed by atoms with Gasteiger partial charge in [0, 0.05) is 5.69 Å². The molecule has 0 bridgehead atoms. The molecule has 2 aromatic heterocycles. The molecule has 0 spiro atoms. The normalized spacial score (nSPS) is 11.3. The molecule has 0 aliphatic heterocycles. The molecule has 0 aliphatic rings. The highest BCUT2D eigenvalue weighted by Crippen LogP contribution is 2.32. The minimum atomic E-state index is -4.61. The highest BCUT2D eigenvalue weighted by Gasteiger charge is 2.35. The lowest BCUT2D eigenvalue weighted by molar-refractivity contribution is -0.138. The molecule has 2 aromatic rings. The van der Waals surface area contributed by atoms with Gasteiger partial charge in [0.1, 0.15) is 5.15 Å².